The minimum atomic E-state index is -1.61. The molecule has 2 amide bonds. The maximum Gasteiger partial charge on any atom is 0.271 e. The maximum absolute atomic E-state index is 14.3. The largest absolute Gasteiger partial charge is 0.374 e. The van der Waals surface area contributed by atoms with Crippen molar-refractivity contribution < 1.29 is 23.1 Å². The highest BCUT2D eigenvalue weighted by atomic mass is 35.5. The fraction of sp³-hybridized carbons (Fsp3) is 0.154. The van der Waals surface area contributed by atoms with Gasteiger partial charge in [-0.2, -0.15) is 5.10 Å². The molecule has 1 aliphatic heterocycles. The van der Waals surface area contributed by atoms with E-state index in [0.29, 0.717) is 16.9 Å². The van der Waals surface area contributed by atoms with Crippen LogP contribution in [-0.4, -0.2) is 52.0 Å². The summed E-state index contributed by atoms with van der Waals surface area (Å²) in [4.78, 5) is 30.1. The first kappa shape index (κ1) is 25.8. The maximum atomic E-state index is 14.3. The Kier molecular flexibility index (Phi) is 7.11. The molecule has 0 aliphatic carbocycles. The van der Waals surface area contributed by atoms with Crippen LogP contribution in [-0.2, 0) is 4.74 Å². The van der Waals surface area contributed by atoms with Gasteiger partial charge in [0.1, 0.15) is 11.6 Å². The van der Waals surface area contributed by atoms with Crippen molar-refractivity contribution in [1.29, 1.82) is 0 Å². The third-order valence-electron chi connectivity index (χ3n) is 5.78. The number of amides is 2. The van der Waals surface area contributed by atoms with Crippen molar-refractivity contribution in [1.82, 2.24) is 20.1 Å². The Balaban J connectivity index is 1.45. The number of benzene rings is 2. The zero-order valence-electron chi connectivity index (χ0n) is 19.6. The molecule has 0 bridgehead atoms. The smallest absolute Gasteiger partial charge is 0.271 e. The fourth-order valence-electron chi connectivity index (χ4n) is 3.74. The van der Waals surface area contributed by atoms with E-state index >= 15 is 0 Å². The number of pyridine rings is 1. The third-order valence-corrected chi connectivity index (χ3v) is 6.40. The Bertz CT molecular complexity index is 1510. The Morgan fingerprint density at radius 2 is 1.79 bits per heavy atom. The van der Waals surface area contributed by atoms with Crippen LogP contribution in [0.15, 0.2) is 66.9 Å². The van der Waals surface area contributed by atoms with Crippen LogP contribution in [0.4, 0.5) is 14.6 Å². The molecule has 2 N–H and O–H groups in total. The Morgan fingerprint density at radius 1 is 1.03 bits per heavy atom. The van der Waals surface area contributed by atoms with Crippen molar-refractivity contribution >= 4 is 40.8 Å². The van der Waals surface area contributed by atoms with Crippen LogP contribution >= 0.6 is 23.2 Å². The molecule has 38 heavy (non-hydrogen) atoms. The van der Waals surface area contributed by atoms with Crippen LogP contribution in [0.5, 0.6) is 0 Å². The summed E-state index contributed by atoms with van der Waals surface area (Å²) < 4.78 is 33.8. The Labute approximate surface area is 225 Å². The van der Waals surface area contributed by atoms with E-state index in [-0.39, 0.29) is 46.9 Å². The summed E-state index contributed by atoms with van der Waals surface area (Å²) in [6.45, 7) is -0.416. The van der Waals surface area contributed by atoms with Gasteiger partial charge in [0.15, 0.2) is 11.4 Å². The summed E-state index contributed by atoms with van der Waals surface area (Å²) in [5, 5.41) is 9.84. The van der Waals surface area contributed by atoms with Gasteiger partial charge in [-0.05, 0) is 36.4 Å². The summed E-state index contributed by atoms with van der Waals surface area (Å²) in [6.07, 6.45) is 1.04. The molecule has 1 fully saturated rings. The van der Waals surface area contributed by atoms with Gasteiger partial charge in [-0.15, -0.1) is 0 Å². The van der Waals surface area contributed by atoms with Gasteiger partial charge >= 0.3 is 0 Å². The molecule has 1 aliphatic rings. The van der Waals surface area contributed by atoms with Crippen molar-refractivity contribution in [3.8, 4) is 16.9 Å². The lowest BCUT2D eigenvalue weighted by Crippen LogP contribution is -2.53. The molecule has 5 rings (SSSR count). The molecule has 0 atom stereocenters. The third kappa shape index (κ3) is 5.38. The first-order chi connectivity index (χ1) is 18.2. The highest BCUT2D eigenvalue weighted by molar-refractivity contribution is 6.38. The number of alkyl halides is 1. The van der Waals surface area contributed by atoms with E-state index in [1.807, 2.05) is 0 Å². The van der Waals surface area contributed by atoms with Crippen LogP contribution < -0.4 is 10.6 Å². The van der Waals surface area contributed by atoms with Gasteiger partial charge in [-0.1, -0.05) is 41.4 Å². The molecule has 0 spiro atoms. The van der Waals surface area contributed by atoms with Crippen molar-refractivity contribution in [3.63, 3.8) is 0 Å². The molecule has 4 aromatic rings. The van der Waals surface area contributed by atoms with Gasteiger partial charge in [-0.3, -0.25) is 14.6 Å². The van der Waals surface area contributed by atoms with E-state index in [4.69, 9.17) is 27.9 Å². The molecule has 194 valence electrons. The van der Waals surface area contributed by atoms with E-state index in [9.17, 15) is 18.4 Å². The zero-order chi connectivity index (χ0) is 26.9. The van der Waals surface area contributed by atoms with Crippen LogP contribution in [0.25, 0.3) is 16.9 Å². The number of hydrogen-bond donors (Lipinski definition) is 2. The standard InChI is InChI=1S/C26H19Cl2F2N5O3/c27-19-9-20(28)18(8-17(19)21-7-6-15(29)11-31-21)24(36)33-23-10-22(25(37)32-12-26(30)13-38-14-26)34-35(23)16-4-2-1-3-5-16/h1-11H,12-14H2,(H,32,37)(H,33,36). The summed E-state index contributed by atoms with van der Waals surface area (Å²) in [5.74, 6) is -1.59. The minimum Gasteiger partial charge on any atom is -0.374 e. The zero-order valence-corrected chi connectivity index (χ0v) is 21.1. The molecule has 8 nitrogen and oxygen atoms in total. The van der Waals surface area contributed by atoms with E-state index in [1.54, 1.807) is 30.3 Å². The van der Waals surface area contributed by atoms with E-state index < -0.39 is 23.3 Å². The number of carbonyl (C=O) groups excluding carboxylic acids is 2. The molecule has 0 saturated carbocycles. The van der Waals surface area contributed by atoms with Gasteiger partial charge in [0.2, 0.25) is 0 Å². The average molecular weight is 558 g/mol. The second kappa shape index (κ2) is 10.5. The second-order valence-corrected chi connectivity index (χ2v) is 9.43. The minimum absolute atomic E-state index is 0.0357. The second-order valence-electron chi connectivity index (χ2n) is 8.62. The Morgan fingerprint density at radius 3 is 2.45 bits per heavy atom. The van der Waals surface area contributed by atoms with E-state index in [0.717, 1.165) is 6.20 Å². The average Bonchev–Trinajstić information content (AvgIpc) is 3.31. The SMILES string of the molecule is O=C(NCC1(F)COC1)c1cc(NC(=O)c2cc(-c3ccc(F)cn3)c(Cl)cc2Cl)n(-c2ccccc2)n1. The summed E-state index contributed by atoms with van der Waals surface area (Å²) in [7, 11) is 0. The number of halogens is 4. The lowest BCUT2D eigenvalue weighted by atomic mass is 10.1. The summed E-state index contributed by atoms with van der Waals surface area (Å²) in [5.41, 5.74) is -0.304. The van der Waals surface area contributed by atoms with Crippen LogP contribution in [0, 0.1) is 5.82 Å². The number of nitrogens with zero attached hydrogens (tertiary/aromatic N) is 3. The first-order valence-electron chi connectivity index (χ1n) is 11.4. The monoisotopic (exact) mass is 557 g/mol. The highest BCUT2D eigenvalue weighted by Gasteiger charge is 2.39. The van der Waals surface area contributed by atoms with Gasteiger partial charge < -0.3 is 15.4 Å². The number of para-hydroxylation sites is 1. The van der Waals surface area contributed by atoms with Crippen LogP contribution in [0.2, 0.25) is 10.0 Å². The number of anilines is 1. The fourth-order valence-corrected chi connectivity index (χ4v) is 4.31. The van der Waals surface area contributed by atoms with Crippen molar-refractivity contribution in [2.45, 2.75) is 5.67 Å². The predicted octanol–water partition coefficient (Wildman–Crippen LogP) is 5.10. The molecule has 0 radical (unpaired) electrons. The summed E-state index contributed by atoms with van der Waals surface area (Å²) in [6, 6.07) is 15.7. The Hall–Kier alpha value is -3.86. The van der Waals surface area contributed by atoms with Crippen molar-refractivity contribution in [3.05, 3.63) is 94.0 Å². The predicted molar refractivity (Wildman–Crippen MR) is 138 cm³/mol. The van der Waals surface area contributed by atoms with Crippen LogP contribution in [0.1, 0.15) is 20.8 Å². The van der Waals surface area contributed by atoms with Gasteiger partial charge in [0, 0.05) is 11.6 Å². The lowest BCUT2D eigenvalue weighted by molar-refractivity contribution is -0.126. The highest BCUT2D eigenvalue weighted by Crippen LogP contribution is 2.33. The quantitative estimate of drug-likeness (QED) is 0.329. The lowest BCUT2D eigenvalue weighted by Gasteiger charge is -2.33. The molecule has 3 heterocycles. The molecule has 12 heteroatoms. The number of hydrogen-bond acceptors (Lipinski definition) is 5. The molecular weight excluding hydrogens is 539 g/mol. The van der Waals surface area contributed by atoms with Gasteiger partial charge in [0.05, 0.1) is 52.9 Å². The molecule has 2 aromatic heterocycles. The molecular formula is C26H19Cl2F2N5O3. The number of aromatic nitrogens is 3. The summed E-state index contributed by atoms with van der Waals surface area (Å²) >= 11 is 12.7. The number of rotatable bonds is 7. The molecule has 0 unspecified atom stereocenters. The number of nitrogens with one attached hydrogen (secondary N) is 2. The van der Waals surface area contributed by atoms with Gasteiger partial charge in [0.25, 0.3) is 11.8 Å². The van der Waals surface area contributed by atoms with Crippen molar-refractivity contribution in [2.24, 2.45) is 0 Å². The normalized spacial score (nSPS) is 14.0. The number of carbonyl (C=O) groups is 2. The van der Waals surface area contributed by atoms with Crippen molar-refractivity contribution in [2.75, 3.05) is 25.1 Å². The van der Waals surface area contributed by atoms with Gasteiger partial charge in [-0.25, -0.2) is 13.5 Å². The van der Waals surface area contributed by atoms with E-state index in [1.165, 1.54) is 35.0 Å². The number of ether oxygens (including phenoxy) is 1. The first-order valence-corrected chi connectivity index (χ1v) is 12.1. The van der Waals surface area contributed by atoms with E-state index in [2.05, 4.69) is 20.7 Å². The molecule has 2 aromatic carbocycles. The topological polar surface area (TPSA) is 98.1 Å². The molecule has 1 saturated heterocycles. The van der Waals surface area contributed by atoms with Crippen LogP contribution in [0.3, 0.4) is 0 Å².